The van der Waals surface area contributed by atoms with Crippen LogP contribution < -0.4 is 0 Å². The minimum absolute atomic E-state index is 0.133. The Balaban J connectivity index is 0.00000102. The molecule has 0 atom stereocenters. The van der Waals surface area contributed by atoms with E-state index in [4.69, 9.17) is 6.42 Å². The molecule has 5 nitrogen and oxygen atoms in total. The van der Waals surface area contributed by atoms with Crippen LogP contribution in [0.5, 0.6) is 0 Å². The molecular formula is C17H30N4O. The van der Waals surface area contributed by atoms with Crippen molar-refractivity contribution < 1.29 is 4.79 Å². The van der Waals surface area contributed by atoms with Crippen LogP contribution in [0.4, 0.5) is 0 Å². The normalized spacial score (nSPS) is 13.4. The molecule has 2 rings (SSSR count). The van der Waals surface area contributed by atoms with Crippen molar-refractivity contribution in [3.05, 3.63) is 17.0 Å². The third kappa shape index (κ3) is 4.60. The van der Waals surface area contributed by atoms with Crippen LogP contribution in [0.1, 0.15) is 55.9 Å². The number of amides is 1. The lowest BCUT2D eigenvalue weighted by molar-refractivity contribution is 0.0820. The number of terminal acetylenes is 1. The number of aromatic nitrogens is 2. The Labute approximate surface area is 135 Å². The van der Waals surface area contributed by atoms with E-state index in [1.807, 2.05) is 32.4 Å². The smallest absolute Gasteiger partial charge is 0.275 e. The minimum atomic E-state index is -0.133. The second-order valence-electron chi connectivity index (χ2n) is 4.83. The first-order chi connectivity index (χ1) is 10.5. The summed E-state index contributed by atoms with van der Waals surface area (Å²) in [5.41, 5.74) is 2.01. The van der Waals surface area contributed by atoms with Crippen LogP contribution >= 0.6 is 0 Å². The van der Waals surface area contributed by atoms with Gasteiger partial charge in [0.1, 0.15) is 0 Å². The monoisotopic (exact) mass is 306 g/mol. The molecule has 0 bridgehead atoms. The number of fused-ring (bicyclic) bond motifs is 1. The van der Waals surface area contributed by atoms with Crippen molar-refractivity contribution in [2.24, 2.45) is 0 Å². The van der Waals surface area contributed by atoms with Crippen molar-refractivity contribution in [3.63, 3.8) is 0 Å². The lowest BCUT2D eigenvalue weighted by Crippen LogP contribution is -2.23. The average Bonchev–Trinajstić information content (AvgIpc) is 2.77. The van der Waals surface area contributed by atoms with E-state index in [-0.39, 0.29) is 5.91 Å². The van der Waals surface area contributed by atoms with E-state index in [1.54, 1.807) is 14.1 Å². The highest BCUT2D eigenvalue weighted by Crippen LogP contribution is 2.19. The number of aryl methyl sites for hydroxylation is 1. The summed E-state index contributed by atoms with van der Waals surface area (Å²) >= 11 is 0. The predicted octanol–water partition coefficient (Wildman–Crippen LogP) is 2.45. The average molecular weight is 306 g/mol. The zero-order valence-corrected chi connectivity index (χ0v) is 15.1. The molecule has 1 aliphatic heterocycles. The molecule has 1 amide bonds. The maximum Gasteiger partial charge on any atom is 0.275 e. The van der Waals surface area contributed by atoms with Gasteiger partial charge in [0, 0.05) is 33.7 Å². The highest BCUT2D eigenvalue weighted by atomic mass is 16.2. The first kappa shape index (κ1) is 20.2. The van der Waals surface area contributed by atoms with Crippen molar-refractivity contribution in [3.8, 4) is 12.3 Å². The van der Waals surface area contributed by atoms with E-state index in [9.17, 15) is 4.79 Å². The molecule has 0 fully saturated rings. The summed E-state index contributed by atoms with van der Waals surface area (Å²) < 4.78 is 1.88. The molecule has 0 spiro atoms. The summed E-state index contributed by atoms with van der Waals surface area (Å²) in [5, 5.41) is 4.39. The highest BCUT2D eigenvalue weighted by molar-refractivity contribution is 5.94. The largest absolute Gasteiger partial charge is 0.343 e. The standard InChI is InChI=1S/C13H18N4O.2C2H6/c1-5-10-11-9-16(4)7-6-8-17(11)14-12(10)13(18)15(2)3;2*1-2/h1H,6-9H2,2-4H3;2*1-2H3. The number of carbonyl (C=O) groups excluding carboxylic acids is 1. The lowest BCUT2D eigenvalue weighted by atomic mass is 10.1. The summed E-state index contributed by atoms with van der Waals surface area (Å²) in [5.74, 6) is 2.50. The molecular weight excluding hydrogens is 276 g/mol. The van der Waals surface area contributed by atoms with E-state index < -0.39 is 0 Å². The summed E-state index contributed by atoms with van der Waals surface area (Å²) in [6.07, 6.45) is 6.58. The van der Waals surface area contributed by atoms with Gasteiger partial charge in [0.15, 0.2) is 5.69 Å². The van der Waals surface area contributed by atoms with Crippen LogP contribution in [0.25, 0.3) is 0 Å². The van der Waals surface area contributed by atoms with Gasteiger partial charge in [0.2, 0.25) is 0 Å². The molecule has 0 saturated carbocycles. The summed E-state index contributed by atoms with van der Waals surface area (Å²) in [7, 11) is 5.47. The van der Waals surface area contributed by atoms with Gasteiger partial charge in [-0.2, -0.15) is 5.10 Å². The highest BCUT2D eigenvalue weighted by Gasteiger charge is 2.24. The Bertz CT molecular complexity index is 511. The van der Waals surface area contributed by atoms with Gasteiger partial charge in [0.05, 0.1) is 11.3 Å². The van der Waals surface area contributed by atoms with Crippen molar-refractivity contribution in [2.75, 3.05) is 27.7 Å². The minimum Gasteiger partial charge on any atom is -0.343 e. The molecule has 1 aliphatic rings. The maximum absolute atomic E-state index is 12.1. The Morgan fingerprint density at radius 2 is 1.82 bits per heavy atom. The Kier molecular flexibility index (Phi) is 9.20. The van der Waals surface area contributed by atoms with Gasteiger partial charge < -0.3 is 9.80 Å². The fraction of sp³-hybridized carbons (Fsp3) is 0.647. The molecule has 0 aliphatic carbocycles. The maximum atomic E-state index is 12.1. The molecule has 1 aromatic rings. The summed E-state index contributed by atoms with van der Waals surface area (Å²) in [6.45, 7) is 10.6. The van der Waals surface area contributed by atoms with E-state index >= 15 is 0 Å². The molecule has 124 valence electrons. The number of carbonyl (C=O) groups is 1. The number of rotatable bonds is 1. The molecule has 22 heavy (non-hydrogen) atoms. The lowest BCUT2D eigenvalue weighted by Gasteiger charge is -2.12. The van der Waals surface area contributed by atoms with Crippen molar-refractivity contribution >= 4 is 5.91 Å². The second-order valence-corrected chi connectivity index (χ2v) is 4.83. The molecule has 5 heteroatoms. The van der Waals surface area contributed by atoms with Crippen molar-refractivity contribution in [2.45, 2.75) is 47.2 Å². The molecule has 1 aromatic heterocycles. The van der Waals surface area contributed by atoms with Crippen LogP contribution in [-0.4, -0.2) is 53.2 Å². The first-order valence-electron chi connectivity index (χ1n) is 8.01. The topological polar surface area (TPSA) is 41.4 Å². The van der Waals surface area contributed by atoms with E-state index in [0.29, 0.717) is 11.3 Å². The third-order valence-corrected chi connectivity index (χ3v) is 3.14. The SMILES string of the molecule is C#Cc1c(C(=O)N(C)C)nn2c1CN(C)CCC2.CC.CC. The number of nitrogens with zero attached hydrogens (tertiary/aromatic N) is 4. The van der Waals surface area contributed by atoms with Gasteiger partial charge in [-0.15, -0.1) is 6.42 Å². The molecule has 0 unspecified atom stereocenters. The fourth-order valence-corrected chi connectivity index (χ4v) is 2.18. The molecule has 0 N–H and O–H groups in total. The number of hydrogen-bond acceptors (Lipinski definition) is 3. The van der Waals surface area contributed by atoms with Gasteiger partial charge in [0.25, 0.3) is 5.91 Å². The second kappa shape index (κ2) is 10.0. The van der Waals surface area contributed by atoms with E-state index in [0.717, 1.165) is 31.7 Å². The van der Waals surface area contributed by atoms with Gasteiger partial charge in [-0.1, -0.05) is 33.6 Å². The third-order valence-electron chi connectivity index (χ3n) is 3.14. The van der Waals surface area contributed by atoms with Gasteiger partial charge in [-0.3, -0.25) is 9.48 Å². The first-order valence-corrected chi connectivity index (χ1v) is 8.01. The van der Waals surface area contributed by atoms with Gasteiger partial charge in [-0.25, -0.2) is 0 Å². The summed E-state index contributed by atoms with van der Waals surface area (Å²) in [6, 6.07) is 0. The Hall–Kier alpha value is -1.80. The fourth-order valence-electron chi connectivity index (χ4n) is 2.18. The van der Waals surface area contributed by atoms with Crippen LogP contribution in [-0.2, 0) is 13.1 Å². The van der Waals surface area contributed by atoms with Crippen LogP contribution in [0.2, 0.25) is 0 Å². The van der Waals surface area contributed by atoms with Crippen LogP contribution in [0.3, 0.4) is 0 Å². The summed E-state index contributed by atoms with van der Waals surface area (Å²) in [4.78, 5) is 15.8. The molecule has 0 saturated heterocycles. The van der Waals surface area contributed by atoms with E-state index in [1.165, 1.54) is 4.90 Å². The van der Waals surface area contributed by atoms with Crippen molar-refractivity contribution in [1.82, 2.24) is 19.6 Å². The zero-order chi connectivity index (χ0) is 17.3. The predicted molar refractivity (Wildman–Crippen MR) is 91.8 cm³/mol. The zero-order valence-electron chi connectivity index (χ0n) is 15.1. The molecule has 0 radical (unpaired) electrons. The quantitative estimate of drug-likeness (QED) is 0.748. The van der Waals surface area contributed by atoms with Gasteiger partial charge >= 0.3 is 0 Å². The number of hydrogen-bond donors (Lipinski definition) is 0. The van der Waals surface area contributed by atoms with E-state index in [2.05, 4.69) is 23.0 Å². The van der Waals surface area contributed by atoms with Crippen molar-refractivity contribution in [1.29, 1.82) is 0 Å². The molecule has 2 heterocycles. The van der Waals surface area contributed by atoms with Gasteiger partial charge in [-0.05, 0) is 13.5 Å². The van der Waals surface area contributed by atoms with Crippen LogP contribution in [0.15, 0.2) is 0 Å². The Morgan fingerprint density at radius 1 is 1.23 bits per heavy atom. The van der Waals surface area contributed by atoms with Crippen LogP contribution in [0, 0.1) is 12.3 Å². The molecule has 0 aromatic carbocycles. The Morgan fingerprint density at radius 3 is 2.32 bits per heavy atom.